The maximum absolute atomic E-state index is 11.6. The molecular formula is C14H18Cl2N2O2. The molecule has 0 saturated carbocycles. The predicted molar refractivity (Wildman–Crippen MR) is 81.2 cm³/mol. The van der Waals surface area contributed by atoms with Gasteiger partial charge in [-0.3, -0.25) is 9.59 Å². The van der Waals surface area contributed by atoms with E-state index in [1.165, 1.54) is 6.92 Å². The Morgan fingerprint density at radius 1 is 1.20 bits per heavy atom. The Labute approximate surface area is 128 Å². The number of benzene rings is 1. The summed E-state index contributed by atoms with van der Waals surface area (Å²) in [7, 11) is 0. The van der Waals surface area contributed by atoms with Gasteiger partial charge >= 0.3 is 0 Å². The lowest BCUT2D eigenvalue weighted by Crippen LogP contribution is -2.31. The molecule has 110 valence electrons. The summed E-state index contributed by atoms with van der Waals surface area (Å²) in [6.07, 6.45) is 0.253. The molecule has 1 unspecified atom stereocenters. The maximum Gasteiger partial charge on any atom is 0.221 e. The molecule has 0 spiro atoms. The molecule has 1 aromatic carbocycles. The van der Waals surface area contributed by atoms with Crippen LogP contribution in [-0.4, -0.2) is 24.9 Å². The SMILES string of the molecule is CC(=O)NCCC(=O)NCC(C)c1c(Cl)cccc1Cl. The molecule has 0 saturated heterocycles. The Morgan fingerprint density at radius 2 is 1.80 bits per heavy atom. The second kappa shape index (κ2) is 8.12. The highest BCUT2D eigenvalue weighted by Crippen LogP contribution is 2.30. The number of carbonyl (C=O) groups excluding carboxylic acids is 2. The summed E-state index contributed by atoms with van der Waals surface area (Å²) in [4.78, 5) is 22.3. The topological polar surface area (TPSA) is 58.2 Å². The van der Waals surface area contributed by atoms with Crippen molar-refractivity contribution in [2.75, 3.05) is 13.1 Å². The normalized spacial score (nSPS) is 11.8. The number of hydrogen-bond donors (Lipinski definition) is 2. The molecular weight excluding hydrogens is 299 g/mol. The quantitative estimate of drug-likeness (QED) is 0.847. The molecule has 2 amide bonds. The van der Waals surface area contributed by atoms with Crippen LogP contribution in [0.3, 0.4) is 0 Å². The summed E-state index contributed by atoms with van der Waals surface area (Å²) in [6.45, 7) is 4.14. The van der Waals surface area contributed by atoms with Crippen LogP contribution in [0.5, 0.6) is 0 Å². The molecule has 0 bridgehead atoms. The Hall–Kier alpha value is -1.26. The minimum absolute atomic E-state index is 0.0147. The van der Waals surface area contributed by atoms with Crippen molar-refractivity contribution in [2.24, 2.45) is 0 Å². The fourth-order valence-electron chi connectivity index (χ4n) is 1.79. The van der Waals surface area contributed by atoms with E-state index >= 15 is 0 Å². The van der Waals surface area contributed by atoms with Crippen LogP contribution >= 0.6 is 23.2 Å². The van der Waals surface area contributed by atoms with E-state index in [1.807, 2.05) is 6.92 Å². The number of nitrogens with one attached hydrogen (secondary N) is 2. The smallest absolute Gasteiger partial charge is 0.221 e. The monoisotopic (exact) mass is 316 g/mol. The molecule has 6 heteroatoms. The van der Waals surface area contributed by atoms with Crippen molar-refractivity contribution < 1.29 is 9.59 Å². The first-order valence-corrected chi connectivity index (χ1v) is 7.12. The largest absolute Gasteiger partial charge is 0.356 e. The lowest BCUT2D eigenvalue weighted by molar-refractivity contribution is -0.121. The van der Waals surface area contributed by atoms with Gasteiger partial charge in [0.25, 0.3) is 0 Å². The van der Waals surface area contributed by atoms with E-state index in [9.17, 15) is 9.59 Å². The van der Waals surface area contributed by atoms with Gasteiger partial charge in [-0.15, -0.1) is 0 Å². The minimum atomic E-state index is -0.144. The zero-order chi connectivity index (χ0) is 15.1. The van der Waals surface area contributed by atoms with Crippen molar-refractivity contribution in [1.29, 1.82) is 0 Å². The fraction of sp³-hybridized carbons (Fsp3) is 0.429. The molecule has 0 aliphatic rings. The Balaban J connectivity index is 2.45. The van der Waals surface area contributed by atoms with Crippen molar-refractivity contribution in [3.05, 3.63) is 33.8 Å². The first kappa shape index (κ1) is 16.8. The van der Waals surface area contributed by atoms with Crippen molar-refractivity contribution in [1.82, 2.24) is 10.6 Å². The molecule has 0 aromatic heterocycles. The van der Waals surface area contributed by atoms with E-state index in [0.717, 1.165) is 5.56 Å². The van der Waals surface area contributed by atoms with E-state index in [-0.39, 0.29) is 24.2 Å². The van der Waals surface area contributed by atoms with Crippen LogP contribution < -0.4 is 10.6 Å². The van der Waals surface area contributed by atoms with Gasteiger partial charge in [0.2, 0.25) is 11.8 Å². The van der Waals surface area contributed by atoms with Gasteiger partial charge in [0.15, 0.2) is 0 Å². The second-order valence-electron chi connectivity index (χ2n) is 4.57. The summed E-state index contributed by atoms with van der Waals surface area (Å²) in [6, 6.07) is 5.34. The summed E-state index contributed by atoms with van der Waals surface area (Å²) in [5.74, 6) is -0.247. The van der Waals surface area contributed by atoms with Crippen molar-refractivity contribution in [3.63, 3.8) is 0 Å². The lowest BCUT2D eigenvalue weighted by Gasteiger charge is -2.16. The van der Waals surface area contributed by atoms with Gasteiger partial charge in [-0.1, -0.05) is 36.2 Å². The summed E-state index contributed by atoms with van der Waals surface area (Å²) in [5, 5.41) is 6.56. The maximum atomic E-state index is 11.6. The molecule has 1 atom stereocenters. The number of carbonyl (C=O) groups is 2. The zero-order valence-electron chi connectivity index (χ0n) is 11.5. The van der Waals surface area contributed by atoms with Crippen LogP contribution in [0.4, 0.5) is 0 Å². The van der Waals surface area contributed by atoms with Gasteiger partial charge in [0, 0.05) is 42.4 Å². The molecule has 0 aliphatic heterocycles. The van der Waals surface area contributed by atoms with Crippen molar-refractivity contribution in [3.8, 4) is 0 Å². The van der Waals surface area contributed by atoms with E-state index in [0.29, 0.717) is 23.1 Å². The van der Waals surface area contributed by atoms with Gasteiger partial charge < -0.3 is 10.6 Å². The fourth-order valence-corrected chi connectivity index (χ4v) is 2.56. The van der Waals surface area contributed by atoms with E-state index in [2.05, 4.69) is 10.6 Å². The molecule has 1 aromatic rings. The molecule has 4 nitrogen and oxygen atoms in total. The Kier molecular flexibility index (Phi) is 6.82. The van der Waals surface area contributed by atoms with E-state index in [4.69, 9.17) is 23.2 Å². The van der Waals surface area contributed by atoms with Gasteiger partial charge in [-0.25, -0.2) is 0 Å². The standard InChI is InChI=1S/C14H18Cl2N2O2/c1-9(14-11(15)4-3-5-12(14)16)8-18-13(20)6-7-17-10(2)19/h3-5,9H,6-8H2,1-2H3,(H,17,19)(H,18,20). The average Bonchev–Trinajstić information content (AvgIpc) is 2.35. The number of halogens is 2. The van der Waals surface area contributed by atoms with Gasteiger partial charge in [0.1, 0.15) is 0 Å². The molecule has 20 heavy (non-hydrogen) atoms. The van der Waals surface area contributed by atoms with Crippen LogP contribution in [-0.2, 0) is 9.59 Å². The highest BCUT2D eigenvalue weighted by Gasteiger charge is 2.14. The van der Waals surface area contributed by atoms with Crippen molar-refractivity contribution >= 4 is 35.0 Å². The average molecular weight is 317 g/mol. The summed E-state index contributed by atoms with van der Waals surface area (Å²) < 4.78 is 0. The van der Waals surface area contributed by atoms with Gasteiger partial charge in [-0.05, 0) is 17.7 Å². The van der Waals surface area contributed by atoms with Crippen molar-refractivity contribution in [2.45, 2.75) is 26.2 Å². The van der Waals surface area contributed by atoms with Crippen LogP contribution in [0, 0.1) is 0 Å². The number of rotatable bonds is 6. The van der Waals surface area contributed by atoms with Crippen LogP contribution in [0.1, 0.15) is 31.7 Å². The molecule has 2 N–H and O–H groups in total. The van der Waals surface area contributed by atoms with Crippen LogP contribution in [0.2, 0.25) is 10.0 Å². The molecule has 0 radical (unpaired) electrons. The first-order chi connectivity index (χ1) is 9.41. The number of hydrogen-bond acceptors (Lipinski definition) is 2. The third-order valence-corrected chi connectivity index (χ3v) is 3.48. The third kappa shape index (κ3) is 5.39. The van der Waals surface area contributed by atoms with E-state index in [1.54, 1.807) is 18.2 Å². The van der Waals surface area contributed by atoms with E-state index < -0.39 is 0 Å². The van der Waals surface area contributed by atoms with Gasteiger partial charge in [-0.2, -0.15) is 0 Å². The predicted octanol–water partition coefficient (Wildman–Crippen LogP) is 2.74. The second-order valence-corrected chi connectivity index (χ2v) is 5.39. The Bertz CT molecular complexity index is 472. The highest BCUT2D eigenvalue weighted by atomic mass is 35.5. The Morgan fingerprint density at radius 3 is 2.35 bits per heavy atom. The third-order valence-electron chi connectivity index (χ3n) is 2.82. The lowest BCUT2D eigenvalue weighted by atomic mass is 10.0. The van der Waals surface area contributed by atoms with Gasteiger partial charge in [0.05, 0.1) is 0 Å². The highest BCUT2D eigenvalue weighted by molar-refractivity contribution is 6.36. The molecule has 0 heterocycles. The van der Waals surface area contributed by atoms with Crippen LogP contribution in [0.15, 0.2) is 18.2 Å². The number of amides is 2. The van der Waals surface area contributed by atoms with Crippen LogP contribution in [0.25, 0.3) is 0 Å². The molecule has 1 rings (SSSR count). The first-order valence-electron chi connectivity index (χ1n) is 6.37. The molecule has 0 aliphatic carbocycles. The summed E-state index contributed by atoms with van der Waals surface area (Å²) >= 11 is 12.2. The molecule has 0 fully saturated rings. The zero-order valence-corrected chi connectivity index (χ0v) is 13.0. The minimum Gasteiger partial charge on any atom is -0.356 e. The summed E-state index contributed by atoms with van der Waals surface area (Å²) in [5.41, 5.74) is 0.831.